The number of carbonyl (C=O) groups is 1. The molecule has 0 bridgehead atoms. The van der Waals surface area contributed by atoms with E-state index in [4.69, 9.17) is 10.2 Å². The minimum absolute atomic E-state index is 0.121. The van der Waals surface area contributed by atoms with Crippen molar-refractivity contribution in [3.05, 3.63) is 35.9 Å². The molecule has 0 aromatic heterocycles. The van der Waals surface area contributed by atoms with Crippen LogP contribution in [0.3, 0.4) is 0 Å². The highest BCUT2D eigenvalue weighted by atomic mass is 16.3. The van der Waals surface area contributed by atoms with Crippen LogP contribution in [0.25, 0.3) is 0 Å². The maximum absolute atomic E-state index is 10.6. The Hall–Kier alpha value is -1.23. The summed E-state index contributed by atoms with van der Waals surface area (Å²) in [5.41, 5.74) is 0.775. The molecular weight excluding hydrogens is 206 g/mol. The van der Waals surface area contributed by atoms with E-state index in [-0.39, 0.29) is 19.0 Å². The third-order valence-electron chi connectivity index (χ3n) is 1.76. The Kier molecular flexibility index (Phi) is 9.50. The number of rotatable bonds is 5. The Morgan fingerprint density at radius 1 is 1.12 bits per heavy atom. The molecule has 0 aliphatic carbocycles. The molecule has 0 radical (unpaired) electrons. The number of aliphatic hydroxyl groups is 2. The van der Waals surface area contributed by atoms with Gasteiger partial charge in [0.2, 0.25) is 0 Å². The van der Waals surface area contributed by atoms with Crippen LogP contribution in [0.15, 0.2) is 30.3 Å². The van der Waals surface area contributed by atoms with Gasteiger partial charge in [0.25, 0.3) is 0 Å². The molecule has 0 unspecified atom stereocenters. The minimum atomic E-state index is 0.121. The van der Waals surface area contributed by atoms with Gasteiger partial charge in [0, 0.05) is 18.7 Å². The molecule has 0 saturated carbocycles. The third-order valence-corrected chi connectivity index (χ3v) is 1.76. The van der Waals surface area contributed by atoms with Crippen LogP contribution in [0.1, 0.15) is 17.3 Å². The molecule has 1 rings (SSSR count). The van der Waals surface area contributed by atoms with Gasteiger partial charge in [0.05, 0.1) is 13.2 Å². The van der Waals surface area contributed by atoms with E-state index in [9.17, 15) is 4.79 Å². The van der Waals surface area contributed by atoms with Gasteiger partial charge in [-0.25, -0.2) is 0 Å². The van der Waals surface area contributed by atoms with Gasteiger partial charge in [-0.1, -0.05) is 30.3 Å². The van der Waals surface area contributed by atoms with Gasteiger partial charge in [-0.2, -0.15) is 0 Å². The molecular formula is C12H19NO3. The molecule has 0 fully saturated rings. The van der Waals surface area contributed by atoms with Crippen molar-refractivity contribution < 1.29 is 15.0 Å². The number of Topliss-reactive ketones (excluding diaryl/α,β-unsaturated/α-hetero) is 1. The van der Waals surface area contributed by atoms with Crippen molar-refractivity contribution in [2.24, 2.45) is 0 Å². The van der Waals surface area contributed by atoms with Crippen molar-refractivity contribution in [2.75, 3.05) is 26.3 Å². The molecule has 16 heavy (non-hydrogen) atoms. The van der Waals surface area contributed by atoms with E-state index in [0.717, 1.165) is 5.56 Å². The summed E-state index contributed by atoms with van der Waals surface area (Å²) in [5.74, 6) is 0.121. The van der Waals surface area contributed by atoms with Crippen LogP contribution in [-0.4, -0.2) is 42.3 Å². The molecule has 4 nitrogen and oxygen atoms in total. The van der Waals surface area contributed by atoms with Gasteiger partial charge in [-0.05, 0) is 6.92 Å². The van der Waals surface area contributed by atoms with E-state index < -0.39 is 0 Å². The lowest BCUT2D eigenvalue weighted by atomic mass is 10.2. The fraction of sp³-hybridized carbons (Fsp3) is 0.417. The summed E-state index contributed by atoms with van der Waals surface area (Å²) < 4.78 is 0. The van der Waals surface area contributed by atoms with E-state index in [0.29, 0.717) is 13.1 Å². The molecule has 0 atom stereocenters. The number of hydrogen-bond acceptors (Lipinski definition) is 4. The summed E-state index contributed by atoms with van der Waals surface area (Å²) >= 11 is 0. The highest BCUT2D eigenvalue weighted by Gasteiger charge is 1.92. The molecule has 0 aliphatic heterocycles. The van der Waals surface area contributed by atoms with Gasteiger partial charge in [0.1, 0.15) is 0 Å². The summed E-state index contributed by atoms with van der Waals surface area (Å²) in [6.07, 6.45) is 0. The van der Waals surface area contributed by atoms with E-state index in [1.54, 1.807) is 6.92 Å². The Morgan fingerprint density at radius 2 is 1.62 bits per heavy atom. The zero-order chi connectivity index (χ0) is 12.2. The fourth-order valence-corrected chi connectivity index (χ4v) is 0.956. The summed E-state index contributed by atoms with van der Waals surface area (Å²) in [6.45, 7) is 2.98. The van der Waals surface area contributed by atoms with Crippen LogP contribution < -0.4 is 5.32 Å². The summed E-state index contributed by atoms with van der Waals surface area (Å²) in [4.78, 5) is 10.6. The molecule has 3 N–H and O–H groups in total. The smallest absolute Gasteiger partial charge is 0.159 e. The summed E-state index contributed by atoms with van der Waals surface area (Å²) in [5, 5.41) is 19.1. The first-order chi connectivity index (χ1) is 7.72. The average molecular weight is 225 g/mol. The first kappa shape index (κ1) is 14.8. The van der Waals surface area contributed by atoms with Crippen molar-refractivity contribution in [1.29, 1.82) is 0 Å². The lowest BCUT2D eigenvalue weighted by Gasteiger charge is -1.94. The van der Waals surface area contributed by atoms with Crippen molar-refractivity contribution in [3.63, 3.8) is 0 Å². The van der Waals surface area contributed by atoms with Gasteiger partial charge < -0.3 is 15.5 Å². The van der Waals surface area contributed by atoms with Gasteiger partial charge in [-0.15, -0.1) is 0 Å². The van der Waals surface area contributed by atoms with Gasteiger partial charge >= 0.3 is 0 Å². The van der Waals surface area contributed by atoms with Crippen LogP contribution in [0.4, 0.5) is 0 Å². The maximum Gasteiger partial charge on any atom is 0.159 e. The standard InChI is InChI=1S/C8H8O.C4H11NO2/c1-7(9)8-5-3-2-4-6-8;6-3-1-5-2-4-7/h2-6H,1H3;5-7H,1-4H2. The lowest BCUT2D eigenvalue weighted by Crippen LogP contribution is -2.21. The zero-order valence-corrected chi connectivity index (χ0v) is 9.52. The number of hydrogen-bond donors (Lipinski definition) is 3. The fourth-order valence-electron chi connectivity index (χ4n) is 0.956. The largest absolute Gasteiger partial charge is 0.395 e. The summed E-state index contributed by atoms with van der Waals surface area (Å²) in [6, 6.07) is 9.23. The zero-order valence-electron chi connectivity index (χ0n) is 9.52. The molecule has 1 aromatic rings. The number of nitrogens with one attached hydrogen (secondary N) is 1. The van der Waals surface area contributed by atoms with E-state index in [1.807, 2.05) is 30.3 Å². The van der Waals surface area contributed by atoms with Crippen LogP contribution in [0, 0.1) is 0 Å². The maximum atomic E-state index is 10.6. The SMILES string of the molecule is CC(=O)c1ccccc1.OCCNCCO. The average Bonchev–Trinajstić information content (AvgIpc) is 2.32. The number of benzene rings is 1. The molecule has 1 aromatic carbocycles. The highest BCUT2D eigenvalue weighted by Crippen LogP contribution is 1.97. The normalized spacial score (nSPS) is 9.19. The molecule has 4 heteroatoms. The third kappa shape index (κ3) is 8.11. The molecule has 0 saturated heterocycles. The van der Waals surface area contributed by atoms with Gasteiger partial charge in [0.15, 0.2) is 5.78 Å². The second-order valence-electron chi connectivity index (χ2n) is 3.12. The first-order valence-corrected chi connectivity index (χ1v) is 5.20. The minimum Gasteiger partial charge on any atom is -0.395 e. The topological polar surface area (TPSA) is 69.6 Å². The van der Waals surface area contributed by atoms with Crippen molar-refractivity contribution in [1.82, 2.24) is 5.32 Å². The molecule has 90 valence electrons. The second kappa shape index (κ2) is 10.3. The van der Waals surface area contributed by atoms with E-state index in [1.165, 1.54) is 0 Å². The van der Waals surface area contributed by atoms with Crippen molar-refractivity contribution in [2.45, 2.75) is 6.92 Å². The van der Waals surface area contributed by atoms with Crippen LogP contribution in [-0.2, 0) is 0 Å². The Balaban J connectivity index is 0.000000293. The van der Waals surface area contributed by atoms with E-state index >= 15 is 0 Å². The van der Waals surface area contributed by atoms with Crippen LogP contribution in [0.2, 0.25) is 0 Å². The van der Waals surface area contributed by atoms with Crippen molar-refractivity contribution in [3.8, 4) is 0 Å². The Labute approximate surface area is 95.9 Å². The lowest BCUT2D eigenvalue weighted by molar-refractivity contribution is 0.101. The van der Waals surface area contributed by atoms with Crippen LogP contribution >= 0.6 is 0 Å². The Morgan fingerprint density at radius 3 is 1.94 bits per heavy atom. The van der Waals surface area contributed by atoms with Crippen LogP contribution in [0.5, 0.6) is 0 Å². The predicted octanol–water partition coefficient (Wildman–Crippen LogP) is 0.450. The molecule has 0 amide bonds. The first-order valence-electron chi connectivity index (χ1n) is 5.20. The predicted molar refractivity (Wildman–Crippen MR) is 63.5 cm³/mol. The molecule has 0 heterocycles. The monoisotopic (exact) mass is 225 g/mol. The van der Waals surface area contributed by atoms with Crippen molar-refractivity contribution >= 4 is 5.78 Å². The number of ketones is 1. The molecule has 0 spiro atoms. The quantitative estimate of drug-likeness (QED) is 0.502. The highest BCUT2D eigenvalue weighted by molar-refractivity contribution is 5.93. The van der Waals surface area contributed by atoms with E-state index in [2.05, 4.69) is 5.32 Å². The molecule has 0 aliphatic rings. The number of aliphatic hydroxyl groups excluding tert-OH is 2. The number of carbonyl (C=O) groups excluding carboxylic acids is 1. The second-order valence-corrected chi connectivity index (χ2v) is 3.12. The summed E-state index contributed by atoms with van der Waals surface area (Å²) in [7, 11) is 0. The van der Waals surface area contributed by atoms with Gasteiger partial charge in [-0.3, -0.25) is 4.79 Å². The Bertz CT molecular complexity index is 271.